The molecule has 4 aromatic rings. The Bertz CT molecular complexity index is 1310. The first-order valence-electron chi connectivity index (χ1n) is 11.6. The maximum Gasteiger partial charge on any atom is 0.206 e. The molecule has 1 aliphatic rings. The summed E-state index contributed by atoms with van der Waals surface area (Å²) >= 11 is 1.30. The van der Waals surface area contributed by atoms with Gasteiger partial charge >= 0.3 is 0 Å². The number of rotatable bonds is 9. The van der Waals surface area contributed by atoms with Crippen molar-refractivity contribution in [1.29, 1.82) is 0 Å². The Balaban J connectivity index is 1.31. The normalized spacial score (nSPS) is 16.0. The minimum atomic E-state index is -0.252. The highest BCUT2D eigenvalue weighted by atomic mass is 32.1. The largest absolute Gasteiger partial charge is 0.508 e. The highest BCUT2D eigenvalue weighted by Gasteiger charge is 2.23. The van der Waals surface area contributed by atoms with E-state index in [2.05, 4.69) is 4.90 Å². The third-order valence-electron chi connectivity index (χ3n) is 6.18. The molecule has 3 aromatic carbocycles. The van der Waals surface area contributed by atoms with Gasteiger partial charge in [-0.05, 0) is 55.4 Å². The number of benzene rings is 3. The molecule has 0 saturated carbocycles. The van der Waals surface area contributed by atoms with Crippen LogP contribution in [0.2, 0.25) is 0 Å². The molecule has 0 spiro atoms. The number of likely N-dealkylation sites (tertiary alicyclic amines) is 1. The van der Waals surface area contributed by atoms with Gasteiger partial charge in [-0.2, -0.15) is 0 Å². The first kappa shape index (κ1) is 23.3. The van der Waals surface area contributed by atoms with Gasteiger partial charge in [-0.1, -0.05) is 30.3 Å². The van der Waals surface area contributed by atoms with Crippen molar-refractivity contribution in [3.63, 3.8) is 0 Å². The summed E-state index contributed by atoms with van der Waals surface area (Å²) in [7, 11) is 0. The Labute approximate surface area is 207 Å². The fraction of sp³-hybridized carbons (Fsp3) is 0.250. The lowest BCUT2D eigenvalue weighted by atomic mass is 10.1. The number of thiophene rings is 1. The maximum atomic E-state index is 13.3. The smallest absolute Gasteiger partial charge is 0.206 e. The van der Waals surface area contributed by atoms with Gasteiger partial charge in [0.05, 0.1) is 6.67 Å². The SMILES string of the molecule is O=C(c1ccccc1)c1sc2cc(O)ccc2c1Oc1ccc(OCCN2CC[C@H](CF)C2)cc1. The number of ether oxygens (including phenoxy) is 2. The monoisotopic (exact) mass is 491 g/mol. The van der Waals surface area contributed by atoms with Crippen LogP contribution in [-0.2, 0) is 0 Å². The Morgan fingerprint density at radius 2 is 1.83 bits per heavy atom. The van der Waals surface area contributed by atoms with Gasteiger partial charge in [0.15, 0.2) is 5.75 Å². The van der Waals surface area contributed by atoms with Gasteiger partial charge < -0.3 is 14.6 Å². The van der Waals surface area contributed by atoms with E-state index in [0.717, 1.165) is 41.9 Å². The van der Waals surface area contributed by atoms with Gasteiger partial charge in [-0.25, -0.2) is 0 Å². The number of carbonyl (C=O) groups excluding carboxylic acids is 1. The van der Waals surface area contributed by atoms with E-state index >= 15 is 0 Å². The Kier molecular flexibility index (Phi) is 6.97. The van der Waals surface area contributed by atoms with E-state index in [1.807, 2.05) is 42.5 Å². The van der Waals surface area contributed by atoms with E-state index in [9.17, 15) is 14.3 Å². The van der Waals surface area contributed by atoms with Crippen LogP contribution in [0.5, 0.6) is 23.0 Å². The van der Waals surface area contributed by atoms with Crippen molar-refractivity contribution in [2.75, 3.05) is 32.9 Å². The highest BCUT2D eigenvalue weighted by molar-refractivity contribution is 7.21. The first-order valence-corrected chi connectivity index (χ1v) is 12.5. The van der Waals surface area contributed by atoms with Crippen LogP contribution in [0.4, 0.5) is 4.39 Å². The molecule has 0 unspecified atom stereocenters. The second-order valence-electron chi connectivity index (χ2n) is 8.67. The number of fused-ring (bicyclic) bond motifs is 1. The molecule has 1 aliphatic heterocycles. The topological polar surface area (TPSA) is 59.0 Å². The van der Waals surface area contributed by atoms with Gasteiger partial charge in [-0.15, -0.1) is 11.3 Å². The molecule has 5 nitrogen and oxygen atoms in total. The van der Waals surface area contributed by atoms with Gasteiger partial charge in [-0.3, -0.25) is 14.1 Å². The number of hydrogen-bond donors (Lipinski definition) is 1. The van der Waals surface area contributed by atoms with Gasteiger partial charge in [0.25, 0.3) is 0 Å². The van der Waals surface area contributed by atoms with Crippen LogP contribution < -0.4 is 9.47 Å². The van der Waals surface area contributed by atoms with Crippen molar-refractivity contribution >= 4 is 27.2 Å². The molecule has 0 radical (unpaired) electrons. The third-order valence-corrected chi connectivity index (χ3v) is 7.31. The van der Waals surface area contributed by atoms with Crippen LogP contribution in [0.1, 0.15) is 21.7 Å². The molecule has 0 bridgehead atoms. The van der Waals surface area contributed by atoms with E-state index in [0.29, 0.717) is 28.5 Å². The molecule has 0 amide bonds. The van der Waals surface area contributed by atoms with E-state index < -0.39 is 0 Å². The molecule has 1 fully saturated rings. The number of hydrogen-bond acceptors (Lipinski definition) is 6. The number of alkyl halides is 1. The molecular weight excluding hydrogens is 465 g/mol. The zero-order valence-corrected chi connectivity index (χ0v) is 20.0. The maximum absolute atomic E-state index is 13.3. The van der Waals surface area contributed by atoms with E-state index in [4.69, 9.17) is 9.47 Å². The molecular formula is C28H26FNO4S. The van der Waals surface area contributed by atoms with Crippen LogP contribution >= 0.6 is 11.3 Å². The molecule has 1 atom stereocenters. The lowest BCUT2D eigenvalue weighted by Gasteiger charge is -2.16. The first-order chi connectivity index (χ1) is 17.1. The number of phenolic OH excluding ortho intramolecular Hbond substituents is 1. The van der Waals surface area contributed by atoms with Crippen molar-refractivity contribution in [2.24, 2.45) is 5.92 Å². The van der Waals surface area contributed by atoms with Crippen LogP contribution in [0, 0.1) is 5.92 Å². The van der Waals surface area contributed by atoms with Gasteiger partial charge in [0, 0.05) is 34.7 Å². The summed E-state index contributed by atoms with van der Waals surface area (Å²) < 4.78 is 25.6. The zero-order valence-electron chi connectivity index (χ0n) is 19.2. The summed E-state index contributed by atoms with van der Waals surface area (Å²) in [6.45, 7) is 2.77. The second kappa shape index (κ2) is 10.5. The average molecular weight is 492 g/mol. The number of aromatic hydroxyl groups is 1. The van der Waals surface area contributed by atoms with Gasteiger partial charge in [0.1, 0.15) is 28.7 Å². The molecule has 1 saturated heterocycles. The number of phenols is 1. The molecule has 35 heavy (non-hydrogen) atoms. The molecule has 5 rings (SSSR count). The van der Waals surface area contributed by atoms with Crippen molar-refractivity contribution < 1.29 is 23.8 Å². The molecule has 7 heteroatoms. The summed E-state index contributed by atoms with van der Waals surface area (Å²) in [6.07, 6.45) is 0.911. The summed E-state index contributed by atoms with van der Waals surface area (Å²) in [5.41, 5.74) is 0.577. The minimum Gasteiger partial charge on any atom is -0.508 e. The lowest BCUT2D eigenvalue weighted by Crippen LogP contribution is -2.26. The average Bonchev–Trinajstić information content (AvgIpc) is 3.49. The molecule has 1 N–H and O–H groups in total. The van der Waals surface area contributed by atoms with Crippen molar-refractivity contribution in [2.45, 2.75) is 6.42 Å². The molecule has 0 aliphatic carbocycles. The quantitative estimate of drug-likeness (QED) is 0.279. The van der Waals surface area contributed by atoms with Crippen LogP contribution in [0.3, 0.4) is 0 Å². The molecule has 2 heterocycles. The number of carbonyl (C=O) groups is 1. The summed E-state index contributed by atoms with van der Waals surface area (Å²) in [5, 5.41) is 10.7. The predicted octanol–water partition coefficient (Wildman–Crippen LogP) is 6.30. The van der Waals surface area contributed by atoms with Crippen LogP contribution in [-0.4, -0.2) is 48.7 Å². The van der Waals surface area contributed by atoms with Crippen molar-refractivity contribution in [3.05, 3.63) is 83.2 Å². The van der Waals surface area contributed by atoms with Crippen molar-refractivity contribution in [1.82, 2.24) is 4.90 Å². The third kappa shape index (κ3) is 5.31. The second-order valence-corrected chi connectivity index (χ2v) is 9.72. The Hall–Kier alpha value is -3.42. The van der Waals surface area contributed by atoms with Crippen LogP contribution in [0.15, 0.2) is 72.8 Å². The Morgan fingerprint density at radius 1 is 1.06 bits per heavy atom. The van der Waals surface area contributed by atoms with E-state index in [1.54, 1.807) is 30.3 Å². The Morgan fingerprint density at radius 3 is 2.57 bits per heavy atom. The summed E-state index contributed by atoms with van der Waals surface area (Å²) in [6, 6.07) is 21.4. The fourth-order valence-electron chi connectivity index (χ4n) is 4.29. The molecule has 180 valence electrons. The fourth-order valence-corrected chi connectivity index (χ4v) is 5.41. The number of halogens is 1. The van der Waals surface area contributed by atoms with Gasteiger partial charge in [0.2, 0.25) is 5.78 Å². The van der Waals surface area contributed by atoms with Crippen molar-refractivity contribution in [3.8, 4) is 23.0 Å². The van der Waals surface area contributed by atoms with E-state index in [1.165, 1.54) is 11.3 Å². The number of ketones is 1. The summed E-state index contributed by atoms with van der Waals surface area (Å²) in [4.78, 5) is 16.0. The highest BCUT2D eigenvalue weighted by Crippen LogP contribution is 2.42. The standard InChI is InChI=1S/C28H26FNO4S/c29-17-19-12-13-30(18-19)14-15-33-22-7-9-23(10-8-22)34-27-24-11-6-21(31)16-25(24)35-28(27)26(32)20-4-2-1-3-5-20/h1-11,16,19,31H,12-15,17-18H2/t19-/m1/s1. The number of nitrogens with zero attached hydrogens (tertiary/aromatic N) is 1. The van der Waals surface area contributed by atoms with Crippen LogP contribution in [0.25, 0.3) is 10.1 Å². The zero-order chi connectivity index (χ0) is 24.2. The molecule has 1 aromatic heterocycles. The van der Waals surface area contributed by atoms with E-state index in [-0.39, 0.29) is 24.1 Å². The summed E-state index contributed by atoms with van der Waals surface area (Å²) in [5.74, 6) is 1.95. The lowest BCUT2D eigenvalue weighted by molar-refractivity contribution is 0.104. The minimum absolute atomic E-state index is 0.127. The predicted molar refractivity (Wildman–Crippen MR) is 136 cm³/mol.